The zero-order chi connectivity index (χ0) is 35.1. The lowest BCUT2D eigenvalue weighted by molar-refractivity contribution is -0.118. The molecule has 2 aliphatic heterocycles. The van der Waals surface area contributed by atoms with E-state index in [0.717, 1.165) is 74.5 Å². The summed E-state index contributed by atoms with van der Waals surface area (Å²) in [7, 11) is 0.241. The van der Waals surface area contributed by atoms with Crippen LogP contribution >= 0.6 is 11.6 Å². The number of Topliss-reactive ketones (excluding diaryl/α,β-unsaturated/α-hetero) is 1. The van der Waals surface area contributed by atoms with Crippen molar-refractivity contribution in [2.24, 2.45) is 27.5 Å². The Morgan fingerprint density at radius 2 is 1.98 bits per heavy atom. The van der Waals surface area contributed by atoms with E-state index in [1.54, 1.807) is 20.3 Å². The molecule has 2 saturated carbocycles. The molecule has 270 valence electrons. The van der Waals surface area contributed by atoms with E-state index >= 15 is 0 Å². The molecular formula is C40H51ClN2O6S. The third kappa shape index (κ3) is 7.43. The van der Waals surface area contributed by atoms with Gasteiger partial charge in [0, 0.05) is 60.9 Å². The monoisotopic (exact) mass is 722 g/mol. The summed E-state index contributed by atoms with van der Waals surface area (Å²) in [6.07, 6.45) is 12.3. The van der Waals surface area contributed by atoms with Crippen LogP contribution in [0.1, 0.15) is 79.8 Å². The molecular weight excluding hydrogens is 672 g/mol. The first kappa shape index (κ1) is 35.7. The number of allylic oxidation sites excluding steroid dienone is 1. The molecule has 0 unspecified atom stereocenters. The van der Waals surface area contributed by atoms with Gasteiger partial charge in [0.05, 0.1) is 40.5 Å². The highest BCUT2D eigenvalue weighted by Gasteiger charge is 2.46. The van der Waals surface area contributed by atoms with Gasteiger partial charge in [0.1, 0.15) is 11.5 Å². The molecule has 1 spiro atoms. The third-order valence-electron chi connectivity index (χ3n) is 11.9. The number of aryl methyl sites for hydroxylation is 1. The van der Waals surface area contributed by atoms with Gasteiger partial charge in [0.15, 0.2) is 0 Å². The molecule has 10 heteroatoms. The molecule has 2 heterocycles. The lowest BCUT2D eigenvalue weighted by atomic mass is 9.68. The number of benzene rings is 2. The first-order valence-electron chi connectivity index (χ1n) is 18.3. The quantitative estimate of drug-likeness (QED) is 0.274. The van der Waals surface area contributed by atoms with Crippen LogP contribution in [0, 0.1) is 23.2 Å². The Morgan fingerprint density at radius 1 is 1.14 bits per heavy atom. The Kier molecular flexibility index (Phi) is 10.2. The molecule has 0 N–H and O–H groups in total. The van der Waals surface area contributed by atoms with Gasteiger partial charge in [-0.25, -0.2) is 4.21 Å². The molecule has 7 rings (SSSR count). The van der Waals surface area contributed by atoms with E-state index in [9.17, 15) is 13.8 Å². The normalized spacial score (nSPS) is 32.4. The van der Waals surface area contributed by atoms with Crippen LogP contribution < -0.4 is 9.64 Å². The third-order valence-corrected chi connectivity index (χ3v) is 14.5. The maximum Gasteiger partial charge on any atom is 0.285 e. The summed E-state index contributed by atoms with van der Waals surface area (Å²) in [4.78, 5) is 29.8. The average molecular weight is 723 g/mol. The molecule has 2 fully saturated rings. The maximum atomic E-state index is 14.6. The molecule has 6 atom stereocenters. The van der Waals surface area contributed by atoms with E-state index in [2.05, 4.69) is 33.5 Å². The summed E-state index contributed by atoms with van der Waals surface area (Å²) in [6, 6.07) is 11.7. The predicted octanol–water partition coefficient (Wildman–Crippen LogP) is 7.44. The molecule has 1 amide bonds. The number of hydrogen-bond acceptors (Lipinski definition) is 7. The van der Waals surface area contributed by atoms with Crippen molar-refractivity contribution in [3.05, 3.63) is 70.3 Å². The number of methoxy groups -OCH3 is 2. The molecule has 0 radical (unpaired) electrons. The summed E-state index contributed by atoms with van der Waals surface area (Å²) in [5, 5.41) is 0.751. The van der Waals surface area contributed by atoms with Crippen molar-refractivity contribution in [3.8, 4) is 5.75 Å². The Balaban J connectivity index is 1.27. The first-order chi connectivity index (χ1) is 24.0. The fourth-order valence-corrected chi connectivity index (χ4v) is 11.5. The highest BCUT2D eigenvalue weighted by molar-refractivity contribution is 7.94. The topological polar surface area (TPSA) is 94.5 Å². The van der Waals surface area contributed by atoms with Crippen LogP contribution in [0.5, 0.6) is 5.75 Å². The van der Waals surface area contributed by atoms with Crippen LogP contribution in [0.2, 0.25) is 5.02 Å². The van der Waals surface area contributed by atoms with Crippen molar-refractivity contribution < 1.29 is 28.0 Å². The van der Waals surface area contributed by atoms with Crippen LogP contribution in [-0.4, -0.2) is 74.0 Å². The van der Waals surface area contributed by atoms with Crippen LogP contribution in [0.3, 0.4) is 0 Å². The van der Waals surface area contributed by atoms with Gasteiger partial charge in [-0.1, -0.05) is 36.7 Å². The molecule has 3 aliphatic carbocycles. The molecule has 2 aromatic carbocycles. The van der Waals surface area contributed by atoms with Gasteiger partial charge in [0.2, 0.25) is 0 Å². The second-order valence-electron chi connectivity index (χ2n) is 15.9. The van der Waals surface area contributed by atoms with Crippen molar-refractivity contribution in [2.45, 2.75) is 76.2 Å². The molecule has 2 bridgehead atoms. The minimum Gasteiger partial charge on any atom is -0.490 e. The van der Waals surface area contributed by atoms with Crippen molar-refractivity contribution >= 4 is 38.7 Å². The number of carbonyl (C=O) groups excluding carboxylic acids is 2. The van der Waals surface area contributed by atoms with Gasteiger partial charge >= 0.3 is 0 Å². The number of carbonyl (C=O) groups is 2. The number of ether oxygens (including phenoxy) is 3. The number of amides is 1. The van der Waals surface area contributed by atoms with Crippen molar-refractivity contribution in [3.63, 3.8) is 0 Å². The second-order valence-corrected chi connectivity index (χ2v) is 18.7. The van der Waals surface area contributed by atoms with Gasteiger partial charge in [-0.2, -0.15) is 4.36 Å². The summed E-state index contributed by atoms with van der Waals surface area (Å²) in [5.41, 5.74) is 3.38. The van der Waals surface area contributed by atoms with Crippen LogP contribution in [0.25, 0.3) is 0 Å². The number of halogens is 1. The van der Waals surface area contributed by atoms with Gasteiger partial charge < -0.3 is 19.1 Å². The van der Waals surface area contributed by atoms with Gasteiger partial charge in [-0.15, -0.1) is 0 Å². The largest absolute Gasteiger partial charge is 0.490 e. The molecule has 50 heavy (non-hydrogen) atoms. The number of anilines is 1. The van der Waals surface area contributed by atoms with Crippen LogP contribution in [0.4, 0.5) is 5.69 Å². The van der Waals surface area contributed by atoms with Crippen LogP contribution in [0.15, 0.2) is 52.9 Å². The van der Waals surface area contributed by atoms with E-state index in [1.165, 1.54) is 11.1 Å². The minimum atomic E-state index is -3.19. The molecule has 0 aromatic heterocycles. The first-order valence-corrected chi connectivity index (χ1v) is 20.5. The molecule has 2 aromatic rings. The van der Waals surface area contributed by atoms with Crippen LogP contribution in [-0.2, 0) is 35.8 Å². The smallest absolute Gasteiger partial charge is 0.285 e. The number of fused-ring (bicyclic) bond motifs is 4. The fourth-order valence-electron chi connectivity index (χ4n) is 9.05. The molecule has 8 nitrogen and oxygen atoms in total. The highest BCUT2D eigenvalue weighted by Crippen LogP contribution is 2.49. The fraction of sp³-hybridized carbons (Fsp3) is 0.600. The average Bonchev–Trinajstić information content (AvgIpc) is 3.84. The summed E-state index contributed by atoms with van der Waals surface area (Å²) in [5.74, 6) is 0.746. The summed E-state index contributed by atoms with van der Waals surface area (Å²) >= 11 is 6.46. The SMILES string of the molecule is COCC1(CC(=O)C[S@@]2(=O)=NC(=O)c3ccc4c(c3)N(C[C@@H]3CC[C@H]3[C@@H](OC)/C=C/C[C@H](C)C2)C[C@@]2(CCCc3cc(Cl)ccc32)CO4)CC1. The van der Waals surface area contributed by atoms with Gasteiger partial charge in [0.25, 0.3) is 5.91 Å². The highest BCUT2D eigenvalue weighted by atomic mass is 35.5. The number of nitrogens with zero attached hydrogens (tertiary/aromatic N) is 2. The van der Waals surface area contributed by atoms with Crippen molar-refractivity contribution in [2.75, 3.05) is 56.9 Å². The Bertz CT molecular complexity index is 1780. The minimum absolute atomic E-state index is 0.0258. The van der Waals surface area contributed by atoms with E-state index in [4.69, 9.17) is 25.8 Å². The second kappa shape index (κ2) is 14.4. The molecule has 5 aliphatic rings. The lowest BCUT2D eigenvalue weighted by Crippen LogP contribution is -2.49. The van der Waals surface area contributed by atoms with E-state index in [-0.39, 0.29) is 40.1 Å². The number of ketones is 1. The Morgan fingerprint density at radius 3 is 2.72 bits per heavy atom. The zero-order valence-corrected chi connectivity index (χ0v) is 31.2. The Hall–Kier alpha value is -2.72. The zero-order valence-electron chi connectivity index (χ0n) is 29.7. The van der Waals surface area contributed by atoms with E-state index in [0.29, 0.717) is 43.5 Å². The lowest BCUT2D eigenvalue weighted by Gasteiger charge is -2.46. The number of rotatable bonds is 7. The van der Waals surface area contributed by atoms with Gasteiger partial charge in [-0.3, -0.25) is 9.59 Å². The van der Waals surface area contributed by atoms with E-state index < -0.39 is 15.6 Å². The number of hydrogen-bond donors (Lipinski definition) is 0. The maximum absolute atomic E-state index is 14.6. The standard InChI is InChI=1S/C40H51ClN2O6S/c1-27-6-4-8-36(48-3)33-12-9-30(33)21-43-24-40(15-5-7-28-18-31(41)11-13-34(28)40)26-49-37-14-10-29(19-35(37)43)38(45)42-50(46,22-27)23-32(44)20-39(16-17-39)25-47-2/h4,8,10-11,13-14,18-19,27,30,33,36H,5-7,9,12,15-17,20-26H2,1-3H3/b8-4+/t27-,30-,33+,36-,40-,50+/m0/s1. The van der Waals surface area contributed by atoms with Gasteiger partial charge in [-0.05, 0) is 111 Å². The summed E-state index contributed by atoms with van der Waals surface area (Å²) < 4.78 is 37.1. The summed E-state index contributed by atoms with van der Waals surface area (Å²) in [6.45, 7) is 4.60. The Labute approximate surface area is 302 Å². The van der Waals surface area contributed by atoms with Crippen molar-refractivity contribution in [1.82, 2.24) is 0 Å². The molecule has 0 saturated heterocycles. The van der Waals surface area contributed by atoms with E-state index in [1.807, 2.05) is 25.1 Å². The predicted molar refractivity (Wildman–Crippen MR) is 198 cm³/mol. The van der Waals surface area contributed by atoms with Crippen molar-refractivity contribution in [1.29, 1.82) is 0 Å².